The lowest BCUT2D eigenvalue weighted by Crippen LogP contribution is -2.40. The van der Waals surface area contributed by atoms with E-state index in [1.165, 1.54) is 44.1 Å². The monoisotopic (exact) mass is 664 g/mol. The first-order valence-electron chi connectivity index (χ1n) is 18.4. The van der Waals surface area contributed by atoms with Gasteiger partial charge in [-0.15, -0.1) is 0 Å². The quantitative estimate of drug-likeness (QED) is 0.177. The Bertz CT molecular complexity index is 2400. The molecule has 5 heteroatoms. The number of hydrogen-bond donors (Lipinski definition) is 0. The van der Waals surface area contributed by atoms with E-state index in [9.17, 15) is 5.26 Å². The molecule has 2 bridgehead atoms. The van der Waals surface area contributed by atoms with Gasteiger partial charge in [0.1, 0.15) is 11.2 Å². The van der Waals surface area contributed by atoms with Gasteiger partial charge in [-0.3, -0.25) is 0 Å². The number of nitrogens with zero attached hydrogens (tertiary/aromatic N) is 4. The SMILES string of the molecule is CCC1(c2ccc(-c3nc(-c4ccccc4)nc(-c4ccc(-c5ccc6oc7ccc(C#N)cc7c6c5)cc4)n3)cc2)C[C@@H]2CC(C)C[C@@H](C2)C1. The molecular formula is C46H40N4O. The predicted octanol–water partition coefficient (Wildman–Crippen LogP) is 11.8. The molecule has 5 aromatic carbocycles. The Morgan fingerprint density at radius 1 is 0.627 bits per heavy atom. The number of furan rings is 1. The first kappa shape index (κ1) is 31.4. The molecule has 2 aliphatic carbocycles. The van der Waals surface area contributed by atoms with Gasteiger partial charge in [0, 0.05) is 27.5 Å². The van der Waals surface area contributed by atoms with Crippen molar-refractivity contribution in [3.8, 4) is 51.4 Å². The summed E-state index contributed by atoms with van der Waals surface area (Å²) in [7, 11) is 0. The van der Waals surface area contributed by atoms with Gasteiger partial charge in [0.15, 0.2) is 17.5 Å². The highest BCUT2D eigenvalue weighted by Crippen LogP contribution is 2.53. The van der Waals surface area contributed by atoms with Crippen LogP contribution in [-0.2, 0) is 5.41 Å². The van der Waals surface area contributed by atoms with E-state index >= 15 is 0 Å². The summed E-state index contributed by atoms with van der Waals surface area (Å²) in [6.45, 7) is 4.83. The minimum Gasteiger partial charge on any atom is -0.456 e. The minimum atomic E-state index is 0.266. The molecule has 0 spiro atoms. The van der Waals surface area contributed by atoms with E-state index in [4.69, 9.17) is 19.4 Å². The third kappa shape index (κ3) is 5.79. The fraction of sp³-hybridized carbons (Fsp3) is 0.261. The Morgan fingerprint density at radius 2 is 1.16 bits per heavy atom. The van der Waals surface area contributed by atoms with Crippen molar-refractivity contribution in [2.24, 2.45) is 17.8 Å². The number of rotatable bonds is 6. The zero-order chi connectivity index (χ0) is 34.5. The number of nitriles is 1. The fourth-order valence-corrected chi connectivity index (χ4v) is 9.31. The average molecular weight is 665 g/mol. The third-order valence-electron chi connectivity index (χ3n) is 11.7. The van der Waals surface area contributed by atoms with Crippen LogP contribution in [0.2, 0.25) is 0 Å². The molecule has 2 saturated carbocycles. The summed E-state index contributed by atoms with van der Waals surface area (Å²) in [4.78, 5) is 15.0. The Kier molecular flexibility index (Phi) is 7.77. The molecule has 4 atom stereocenters. The molecule has 2 heterocycles. The van der Waals surface area contributed by atoms with E-state index < -0.39 is 0 Å². The van der Waals surface area contributed by atoms with Gasteiger partial charge < -0.3 is 4.42 Å². The first-order valence-corrected chi connectivity index (χ1v) is 18.4. The maximum absolute atomic E-state index is 9.44. The highest BCUT2D eigenvalue weighted by Gasteiger charge is 2.43. The topological polar surface area (TPSA) is 75.6 Å². The Balaban J connectivity index is 1.06. The van der Waals surface area contributed by atoms with Gasteiger partial charge in [-0.05, 0) is 109 Å². The molecule has 0 amide bonds. The number of hydrogen-bond acceptors (Lipinski definition) is 5. The summed E-state index contributed by atoms with van der Waals surface area (Å²) in [5.74, 6) is 4.56. The van der Waals surface area contributed by atoms with Crippen LogP contribution in [0.1, 0.15) is 63.5 Å². The van der Waals surface area contributed by atoms with E-state index in [0.29, 0.717) is 23.0 Å². The molecular weight excluding hydrogens is 625 g/mol. The first-order chi connectivity index (χ1) is 25.0. The number of benzene rings is 5. The van der Waals surface area contributed by atoms with Crippen LogP contribution in [0.3, 0.4) is 0 Å². The second-order valence-electron chi connectivity index (χ2n) is 15.0. The molecule has 0 saturated heterocycles. The van der Waals surface area contributed by atoms with Crippen LogP contribution < -0.4 is 0 Å². The van der Waals surface area contributed by atoms with Crippen molar-refractivity contribution in [1.82, 2.24) is 15.0 Å². The summed E-state index contributed by atoms with van der Waals surface area (Å²) in [5.41, 5.74) is 8.98. The van der Waals surface area contributed by atoms with E-state index in [1.54, 1.807) is 6.07 Å². The van der Waals surface area contributed by atoms with Crippen LogP contribution in [0.4, 0.5) is 0 Å². The lowest BCUT2D eigenvalue weighted by Gasteiger charge is -2.49. The third-order valence-corrected chi connectivity index (χ3v) is 11.7. The Hall–Kier alpha value is -5.60. The molecule has 2 unspecified atom stereocenters. The summed E-state index contributed by atoms with van der Waals surface area (Å²) < 4.78 is 6.05. The van der Waals surface area contributed by atoms with Crippen LogP contribution in [0.15, 0.2) is 120 Å². The van der Waals surface area contributed by atoms with Gasteiger partial charge in [-0.25, -0.2) is 15.0 Å². The normalized spacial score (nSPS) is 21.5. The summed E-state index contributed by atoms with van der Waals surface area (Å²) in [6.07, 6.45) is 7.99. The van der Waals surface area contributed by atoms with Crippen LogP contribution in [0.25, 0.3) is 67.2 Å². The number of fused-ring (bicyclic) bond motifs is 5. The van der Waals surface area contributed by atoms with Crippen molar-refractivity contribution in [3.63, 3.8) is 0 Å². The van der Waals surface area contributed by atoms with E-state index in [1.807, 2.05) is 36.4 Å². The van der Waals surface area contributed by atoms with Crippen LogP contribution in [0.5, 0.6) is 0 Å². The highest BCUT2D eigenvalue weighted by molar-refractivity contribution is 6.06. The lowest BCUT2D eigenvalue weighted by molar-refractivity contribution is 0.0788. The van der Waals surface area contributed by atoms with Crippen molar-refractivity contribution < 1.29 is 4.42 Å². The van der Waals surface area contributed by atoms with Gasteiger partial charge >= 0.3 is 0 Å². The Labute approximate surface area is 299 Å². The van der Waals surface area contributed by atoms with E-state index in [0.717, 1.165) is 67.5 Å². The summed E-state index contributed by atoms with van der Waals surface area (Å²) in [6, 6.07) is 41.7. The van der Waals surface area contributed by atoms with Gasteiger partial charge in [0.05, 0.1) is 11.6 Å². The van der Waals surface area contributed by atoms with E-state index in [2.05, 4.69) is 92.7 Å². The molecule has 250 valence electrons. The molecule has 2 fully saturated rings. The highest BCUT2D eigenvalue weighted by atomic mass is 16.3. The average Bonchev–Trinajstić information content (AvgIpc) is 3.55. The predicted molar refractivity (Wildman–Crippen MR) is 205 cm³/mol. The van der Waals surface area contributed by atoms with Gasteiger partial charge in [0.2, 0.25) is 0 Å². The molecule has 2 aliphatic rings. The van der Waals surface area contributed by atoms with E-state index in [-0.39, 0.29) is 5.41 Å². The van der Waals surface area contributed by atoms with Crippen molar-refractivity contribution >= 4 is 21.9 Å². The zero-order valence-electron chi connectivity index (χ0n) is 29.1. The smallest absolute Gasteiger partial charge is 0.164 e. The van der Waals surface area contributed by atoms with Gasteiger partial charge in [-0.1, -0.05) is 98.8 Å². The molecule has 0 radical (unpaired) electrons. The molecule has 51 heavy (non-hydrogen) atoms. The molecule has 9 rings (SSSR count). The maximum Gasteiger partial charge on any atom is 0.164 e. The standard InChI is InChI=1S/C46H40N4O/c1-3-46(26-31-21-29(2)22-32(23-31)27-46)38-17-14-36(15-18-38)45-49-43(34-7-5-4-6-8-34)48-44(50-45)35-12-10-33(11-13-35)37-16-20-42-40(25-37)39-24-30(28-47)9-19-41(39)51-42/h4-20,24-25,29,31-32H,3,21-23,26-27H2,1-2H3/t29?,31-,32+,46?. The van der Waals surface area contributed by atoms with Crippen molar-refractivity contribution in [1.29, 1.82) is 5.26 Å². The summed E-state index contributed by atoms with van der Waals surface area (Å²) in [5, 5.41) is 11.4. The maximum atomic E-state index is 9.44. The van der Waals surface area contributed by atoms with Crippen molar-refractivity contribution in [3.05, 3.63) is 126 Å². The summed E-state index contributed by atoms with van der Waals surface area (Å²) >= 11 is 0. The minimum absolute atomic E-state index is 0.266. The van der Waals surface area contributed by atoms with Crippen LogP contribution in [0, 0.1) is 29.1 Å². The lowest BCUT2D eigenvalue weighted by atomic mass is 9.56. The molecule has 7 aromatic rings. The largest absolute Gasteiger partial charge is 0.456 e. The second kappa shape index (κ2) is 12.6. The van der Waals surface area contributed by atoms with Crippen molar-refractivity contribution in [2.75, 3.05) is 0 Å². The molecule has 0 N–H and O–H groups in total. The van der Waals surface area contributed by atoms with Crippen molar-refractivity contribution in [2.45, 2.75) is 57.8 Å². The fourth-order valence-electron chi connectivity index (χ4n) is 9.31. The van der Waals surface area contributed by atoms with Crippen LogP contribution >= 0.6 is 0 Å². The number of aromatic nitrogens is 3. The van der Waals surface area contributed by atoms with Crippen LogP contribution in [-0.4, -0.2) is 15.0 Å². The molecule has 5 nitrogen and oxygen atoms in total. The Morgan fingerprint density at radius 3 is 1.76 bits per heavy atom. The molecule has 0 aliphatic heterocycles. The molecule has 2 aromatic heterocycles. The zero-order valence-corrected chi connectivity index (χ0v) is 29.1. The van der Waals surface area contributed by atoms with Gasteiger partial charge in [0.25, 0.3) is 0 Å². The second-order valence-corrected chi connectivity index (χ2v) is 15.0. The van der Waals surface area contributed by atoms with Gasteiger partial charge in [-0.2, -0.15) is 5.26 Å².